The Kier molecular flexibility index (Phi) is 19.6. The van der Waals surface area contributed by atoms with Gasteiger partial charge in [0, 0.05) is 24.0 Å². The van der Waals surface area contributed by atoms with E-state index < -0.39 is 0 Å². The number of hydrogen-bond donors (Lipinski definition) is 0. The summed E-state index contributed by atoms with van der Waals surface area (Å²) in [5.74, 6) is 2.02. The number of pyridine rings is 1. The Hall–Kier alpha value is 0.632. The van der Waals surface area contributed by atoms with Crippen LogP contribution in [-0.2, 0) is 4.79 Å². The van der Waals surface area contributed by atoms with Crippen LogP contribution in [0.1, 0.15) is 32.8 Å². The Morgan fingerprint density at radius 2 is 1.91 bits per heavy atom. The number of rotatable bonds is 5. The Morgan fingerprint density at radius 3 is 2.50 bits per heavy atom. The fraction of sp³-hybridized carbons (Fsp3) is 0.154. The third kappa shape index (κ3) is 9.71. The molecule has 32 heavy (non-hydrogen) atoms. The van der Waals surface area contributed by atoms with E-state index in [4.69, 9.17) is 4.52 Å². The van der Waals surface area contributed by atoms with E-state index in [1.165, 1.54) is 17.5 Å². The van der Waals surface area contributed by atoms with Crippen LogP contribution >= 0.6 is 9.47 Å². The average Bonchev–Trinajstić information content (AvgIpc) is 2.71. The number of ketones is 1. The third-order valence-corrected chi connectivity index (χ3v) is 4.84. The zero-order valence-electron chi connectivity index (χ0n) is 19.9. The summed E-state index contributed by atoms with van der Waals surface area (Å²) in [4.78, 5) is 10.5. The number of fused-ring (bicyclic) bond motifs is 3. The first-order chi connectivity index (χ1) is 13.9. The van der Waals surface area contributed by atoms with E-state index in [-0.39, 0.29) is 128 Å². The Labute approximate surface area is 293 Å². The molecule has 0 N–H and O–H groups in total. The molecule has 0 bridgehead atoms. The van der Waals surface area contributed by atoms with Gasteiger partial charge in [-0.15, -0.1) is 12.0 Å². The van der Waals surface area contributed by atoms with E-state index >= 15 is 0 Å². The van der Waals surface area contributed by atoms with Gasteiger partial charge in [0.05, 0.1) is 11.9 Å². The molecule has 1 aromatic heterocycles. The molecule has 1 aliphatic rings. The van der Waals surface area contributed by atoms with Gasteiger partial charge in [-0.25, -0.2) is 0 Å². The molecule has 0 radical (unpaired) electrons. The molecule has 1 aliphatic heterocycles. The maximum Gasteiger partial charge on any atom is 2.00 e. The average molecular weight is 640 g/mol. The van der Waals surface area contributed by atoms with Crippen LogP contribution in [0.5, 0.6) is 5.75 Å². The first-order valence-electron chi connectivity index (χ1n) is 9.38. The smallest absolute Gasteiger partial charge is 0.682 e. The van der Waals surface area contributed by atoms with Gasteiger partial charge in [0.25, 0.3) is 0 Å². The summed E-state index contributed by atoms with van der Waals surface area (Å²) in [5, 5.41) is 0. The summed E-state index contributed by atoms with van der Waals surface area (Å²) in [6, 6.07) is 13.6. The first-order valence-corrected chi connectivity index (χ1v) is 9.79. The van der Waals surface area contributed by atoms with E-state index in [1.54, 1.807) is 0 Å². The summed E-state index contributed by atoms with van der Waals surface area (Å²) in [6.07, 6.45) is 9.89. The molecule has 0 fully saturated rings. The van der Waals surface area contributed by atoms with Crippen molar-refractivity contribution in [3.63, 3.8) is 0 Å². The van der Waals surface area contributed by atoms with Gasteiger partial charge in [-0.2, -0.15) is 11.6 Å². The number of Topliss-reactive ketones (excluding diaryl/α,β-unsaturated/α-hetero) is 1. The number of allylic oxidation sites excluding steroid dienone is 5. The van der Waals surface area contributed by atoms with Crippen LogP contribution in [0, 0.1) is 26.3 Å². The summed E-state index contributed by atoms with van der Waals surface area (Å²) in [6.45, 7) is 13.2. The van der Waals surface area contributed by atoms with Crippen LogP contribution in [0.2, 0.25) is 0 Å². The van der Waals surface area contributed by atoms with Crippen molar-refractivity contribution in [1.82, 2.24) is 0 Å². The number of aromatic nitrogens is 1. The maximum atomic E-state index is 10.5. The fourth-order valence-electron chi connectivity index (χ4n) is 3.12. The molecule has 2 aromatic rings. The molecule has 0 unspecified atom stereocenters. The Morgan fingerprint density at radius 1 is 1.22 bits per heavy atom. The number of carbonyl (C=O) groups excluding carboxylic acids is 1. The van der Waals surface area contributed by atoms with Gasteiger partial charge in [-0.3, -0.25) is 0 Å². The molecule has 3 nitrogen and oxygen atoms in total. The first kappa shape index (κ1) is 34.8. The van der Waals surface area contributed by atoms with Crippen molar-refractivity contribution < 1.29 is 82.8 Å². The molecular formula is C26H30CsNO2PSr-. The predicted octanol–water partition coefficient (Wildman–Crippen LogP) is 2.98. The van der Waals surface area contributed by atoms with Crippen LogP contribution in [0.25, 0.3) is 11.3 Å². The zero-order chi connectivity index (χ0) is 21.4. The van der Waals surface area contributed by atoms with E-state index in [9.17, 15) is 4.79 Å². The summed E-state index contributed by atoms with van der Waals surface area (Å²) >= 11 is 0. The van der Waals surface area contributed by atoms with Crippen LogP contribution < -0.4 is 78.0 Å². The molecule has 0 saturated carbocycles. The molecule has 160 valence electrons. The SMILES string of the molecule is C=C(/C=C\C=C/C)CC([CH2-])=O.C[C-]1c2cccc(O[PH-])c2-c2cccc[n+]2[C-]1C.[CH3-].[Cs+].[Sr+2]. The van der Waals surface area contributed by atoms with Crippen LogP contribution in [0.4, 0.5) is 0 Å². The monoisotopic (exact) mass is 640 g/mol. The molecule has 0 amide bonds. The minimum Gasteiger partial charge on any atom is -0.682 e. The van der Waals surface area contributed by atoms with Gasteiger partial charge in [-0.1, -0.05) is 67.1 Å². The molecule has 2 heterocycles. The summed E-state index contributed by atoms with van der Waals surface area (Å²) < 4.78 is 7.52. The largest absolute Gasteiger partial charge is 2.00 e. The number of carbonyl (C=O) groups is 1. The van der Waals surface area contributed by atoms with Crippen molar-refractivity contribution in [1.29, 1.82) is 0 Å². The Balaban J connectivity index is 0. The molecular weight excluding hydrogens is 610 g/mol. The van der Waals surface area contributed by atoms with Crippen molar-refractivity contribution in [2.24, 2.45) is 0 Å². The van der Waals surface area contributed by atoms with Crippen LogP contribution in [-0.4, -0.2) is 51.3 Å². The van der Waals surface area contributed by atoms with E-state index in [1.807, 2.05) is 55.5 Å². The summed E-state index contributed by atoms with van der Waals surface area (Å²) in [5.41, 5.74) is 4.32. The Bertz CT molecular complexity index is 943. The fourth-order valence-corrected chi connectivity index (χ4v) is 3.29. The number of nitrogens with zero attached hydrogens (tertiary/aromatic N) is 1. The minimum atomic E-state index is -0.0971. The van der Waals surface area contributed by atoms with E-state index in [0.29, 0.717) is 6.42 Å². The molecule has 0 saturated heterocycles. The van der Waals surface area contributed by atoms with Gasteiger partial charge >= 0.3 is 114 Å². The van der Waals surface area contributed by atoms with E-state index in [2.05, 4.69) is 59.7 Å². The van der Waals surface area contributed by atoms with Crippen molar-refractivity contribution in [2.45, 2.75) is 27.2 Å². The second-order valence-corrected chi connectivity index (χ2v) is 6.91. The molecule has 6 heteroatoms. The topological polar surface area (TPSA) is 30.2 Å². The van der Waals surface area contributed by atoms with Gasteiger partial charge in [0.2, 0.25) is 0 Å². The maximum absolute atomic E-state index is 10.5. The third-order valence-electron chi connectivity index (χ3n) is 4.62. The minimum absolute atomic E-state index is 0. The van der Waals surface area contributed by atoms with Crippen molar-refractivity contribution >= 4 is 60.7 Å². The molecule has 0 atom stereocenters. The van der Waals surface area contributed by atoms with Crippen LogP contribution in [0.3, 0.4) is 0 Å². The molecule has 0 aliphatic carbocycles. The second kappa shape index (κ2) is 18.0. The number of hydrogen-bond acceptors (Lipinski definition) is 2. The molecule has 3 rings (SSSR count). The molecule has 1 aromatic carbocycles. The van der Waals surface area contributed by atoms with Gasteiger partial charge in [-0.05, 0) is 19.9 Å². The quantitative estimate of drug-likeness (QED) is 0.166. The van der Waals surface area contributed by atoms with E-state index in [0.717, 1.165) is 22.6 Å². The van der Waals surface area contributed by atoms with Crippen molar-refractivity contribution in [3.8, 4) is 17.0 Å². The van der Waals surface area contributed by atoms with Crippen molar-refractivity contribution in [3.05, 3.63) is 111 Å². The predicted molar refractivity (Wildman–Crippen MR) is 134 cm³/mol. The standard InChI is InChI=1S/C15H14NOP.C10H13O.CH3.Cs.Sr/c1-10-11(2)16-9-4-3-7-13(16)15-12(10)6-5-8-14(15)17-18;1-4-5-6-7-9(2)8-10(3)11;;;/h3-9,18H,1-2H3;4-7H,2-3,8H2,1H3;1H3;;/q-2;2*-1;+1;+2/b;5-4-,7-6-;;;. The zero-order valence-corrected chi connectivity index (χ0v) is 30.7. The van der Waals surface area contributed by atoms with Crippen molar-refractivity contribution in [2.75, 3.05) is 0 Å². The second-order valence-electron chi connectivity index (χ2n) is 6.71. The summed E-state index contributed by atoms with van der Waals surface area (Å²) in [7, 11) is 3.15. The number of benzene rings is 1. The normalized spacial score (nSPS) is 11.1. The van der Waals surface area contributed by atoms with Gasteiger partial charge in [0.1, 0.15) is 0 Å². The van der Waals surface area contributed by atoms with Gasteiger partial charge in [0.15, 0.2) is 0 Å². The van der Waals surface area contributed by atoms with Crippen LogP contribution in [0.15, 0.2) is 79.1 Å². The van der Waals surface area contributed by atoms with Gasteiger partial charge < -0.3 is 37.7 Å². The molecule has 0 spiro atoms.